The van der Waals surface area contributed by atoms with E-state index in [0.29, 0.717) is 12.8 Å². The first-order valence-electron chi connectivity index (χ1n) is 36.6. The van der Waals surface area contributed by atoms with Crippen molar-refractivity contribution < 1.29 is 89.4 Å². The summed E-state index contributed by atoms with van der Waals surface area (Å²) >= 11 is 0. The van der Waals surface area contributed by atoms with Crippen LogP contribution in [-0.2, 0) is 33.2 Å². The zero-order valence-electron chi connectivity index (χ0n) is 58.5. The predicted octanol–water partition coefficient (Wildman–Crippen LogP) is 10.7. The van der Waals surface area contributed by atoms with Crippen molar-refractivity contribution in [1.82, 2.24) is 5.32 Å². The molecule has 3 rings (SSSR count). The molecule has 17 unspecified atom stereocenters. The van der Waals surface area contributed by atoms with E-state index in [9.17, 15) is 61.0 Å². The summed E-state index contributed by atoms with van der Waals surface area (Å²) in [5.41, 5.74) is 0. The monoisotopic (exact) mass is 1370 g/mol. The number of aliphatic hydroxyl groups excluding tert-OH is 11. The molecule has 0 aromatic rings. The highest BCUT2D eigenvalue weighted by molar-refractivity contribution is 5.76. The average Bonchev–Trinajstić information content (AvgIpc) is 0.792. The van der Waals surface area contributed by atoms with E-state index in [-0.39, 0.29) is 18.9 Å². The van der Waals surface area contributed by atoms with Gasteiger partial charge in [-0.25, -0.2) is 0 Å². The molecule has 3 fully saturated rings. The van der Waals surface area contributed by atoms with E-state index in [1.165, 1.54) is 44.9 Å². The highest BCUT2D eigenvalue weighted by atomic mass is 16.8. The van der Waals surface area contributed by atoms with Gasteiger partial charge in [-0.1, -0.05) is 230 Å². The maximum absolute atomic E-state index is 13.4. The number of allylic oxidation sites excluding steroid dienone is 23. The maximum atomic E-state index is 13.4. The zero-order valence-corrected chi connectivity index (χ0v) is 58.5. The van der Waals surface area contributed by atoms with Gasteiger partial charge in [0.05, 0.1) is 38.6 Å². The van der Waals surface area contributed by atoms with E-state index in [1.807, 2.05) is 6.08 Å². The Hall–Kier alpha value is -4.33. The smallest absolute Gasteiger partial charge is 0.220 e. The molecule has 12 N–H and O–H groups in total. The summed E-state index contributed by atoms with van der Waals surface area (Å²) in [5, 5.41) is 121. The van der Waals surface area contributed by atoms with Gasteiger partial charge in [-0.2, -0.15) is 0 Å². The van der Waals surface area contributed by atoms with Crippen LogP contribution < -0.4 is 5.32 Å². The Morgan fingerprint density at radius 1 is 0.381 bits per heavy atom. The topological polar surface area (TPSA) is 307 Å². The largest absolute Gasteiger partial charge is 0.394 e. The lowest BCUT2D eigenvalue weighted by Crippen LogP contribution is -2.66. The Kier molecular flexibility index (Phi) is 51.3. The number of amides is 1. The third-order valence-electron chi connectivity index (χ3n) is 17.1. The molecule has 19 nitrogen and oxygen atoms in total. The minimum absolute atomic E-state index is 0.209. The van der Waals surface area contributed by atoms with Gasteiger partial charge in [-0.15, -0.1) is 0 Å². The summed E-state index contributed by atoms with van der Waals surface area (Å²) in [5.74, 6) is -0.308. The molecule has 0 aromatic heterocycles. The molecule has 3 heterocycles. The number of carbonyl (C=O) groups excluding carboxylic acids is 1. The van der Waals surface area contributed by atoms with E-state index in [1.54, 1.807) is 6.08 Å². The SMILES string of the molecule is CC/C=C\C/C=C\C/C=C\C/C=C\C/C=C\C/C=C\C/C=C\C/C=C\C/C=C\CCCCCCCCCC(=O)NC(COC1OC(CO)C(OC2OC(CO)C(OC3OC(CO)C(O)C(O)C3O)C(O)C2O)C(O)C1O)C(O)/C=C/CC/C=C/CC/C=C/CCCCCCCCC. The number of nitrogens with one attached hydrogen (secondary N) is 1. The molecule has 3 saturated heterocycles. The molecule has 17 atom stereocenters. The molecule has 552 valence electrons. The van der Waals surface area contributed by atoms with Crippen molar-refractivity contribution in [2.24, 2.45) is 0 Å². The van der Waals surface area contributed by atoms with Crippen LogP contribution in [0.25, 0.3) is 0 Å². The van der Waals surface area contributed by atoms with Crippen LogP contribution in [0, 0.1) is 0 Å². The molecule has 0 saturated carbocycles. The van der Waals surface area contributed by atoms with Gasteiger partial charge < -0.3 is 89.9 Å². The van der Waals surface area contributed by atoms with Gasteiger partial charge in [0, 0.05) is 6.42 Å². The fraction of sp³-hybridized carbons (Fsp3) is 0.679. The molecule has 0 spiro atoms. The first-order valence-corrected chi connectivity index (χ1v) is 36.6. The number of aliphatic hydroxyl groups is 11. The van der Waals surface area contributed by atoms with Crippen molar-refractivity contribution in [3.8, 4) is 0 Å². The van der Waals surface area contributed by atoms with E-state index in [0.717, 1.165) is 128 Å². The van der Waals surface area contributed by atoms with Gasteiger partial charge in [-0.3, -0.25) is 4.79 Å². The Morgan fingerprint density at radius 3 is 1.15 bits per heavy atom. The second-order valence-electron chi connectivity index (χ2n) is 25.3. The highest BCUT2D eigenvalue weighted by Crippen LogP contribution is 2.33. The van der Waals surface area contributed by atoms with Crippen molar-refractivity contribution >= 4 is 5.91 Å². The molecular weight excluding hydrogens is 1240 g/mol. The Morgan fingerprint density at radius 2 is 0.722 bits per heavy atom. The van der Waals surface area contributed by atoms with Gasteiger partial charge in [0.1, 0.15) is 73.2 Å². The number of hydrogen-bond acceptors (Lipinski definition) is 18. The number of carbonyl (C=O) groups is 1. The molecule has 3 aliphatic rings. The van der Waals surface area contributed by atoms with Crippen LogP contribution in [-0.4, -0.2) is 193 Å². The molecular formula is C78H127NO18. The summed E-state index contributed by atoms with van der Waals surface area (Å²) in [6.07, 6.45) is 55.3. The fourth-order valence-electron chi connectivity index (χ4n) is 11.2. The van der Waals surface area contributed by atoms with Crippen LogP contribution >= 0.6 is 0 Å². The molecule has 19 heteroatoms. The van der Waals surface area contributed by atoms with E-state index in [4.69, 9.17) is 28.4 Å². The van der Waals surface area contributed by atoms with Crippen LogP contribution in [0.2, 0.25) is 0 Å². The van der Waals surface area contributed by atoms with Crippen LogP contribution in [0.5, 0.6) is 0 Å². The van der Waals surface area contributed by atoms with E-state index in [2.05, 4.69) is 153 Å². The van der Waals surface area contributed by atoms with E-state index >= 15 is 0 Å². The summed E-state index contributed by atoms with van der Waals surface area (Å²) in [6, 6.07) is -1.01. The third kappa shape index (κ3) is 38.3. The summed E-state index contributed by atoms with van der Waals surface area (Å²) in [7, 11) is 0. The van der Waals surface area contributed by atoms with Gasteiger partial charge >= 0.3 is 0 Å². The summed E-state index contributed by atoms with van der Waals surface area (Å²) in [6.45, 7) is 1.55. The van der Waals surface area contributed by atoms with Gasteiger partial charge in [0.25, 0.3) is 0 Å². The molecule has 0 aromatic carbocycles. The van der Waals surface area contributed by atoms with Crippen LogP contribution in [0.1, 0.15) is 206 Å². The molecule has 97 heavy (non-hydrogen) atoms. The molecule has 0 radical (unpaired) electrons. The van der Waals surface area contributed by atoms with Gasteiger partial charge in [0.2, 0.25) is 5.91 Å². The number of hydrogen-bond donors (Lipinski definition) is 12. The van der Waals surface area contributed by atoms with Crippen LogP contribution in [0.3, 0.4) is 0 Å². The number of unbranched alkanes of at least 4 members (excludes halogenated alkanes) is 16. The maximum Gasteiger partial charge on any atom is 0.220 e. The van der Waals surface area contributed by atoms with Crippen molar-refractivity contribution in [1.29, 1.82) is 0 Å². The lowest BCUT2D eigenvalue weighted by Gasteiger charge is -2.48. The van der Waals surface area contributed by atoms with Crippen molar-refractivity contribution in [3.63, 3.8) is 0 Å². The predicted molar refractivity (Wildman–Crippen MR) is 382 cm³/mol. The second-order valence-corrected chi connectivity index (χ2v) is 25.3. The highest BCUT2D eigenvalue weighted by Gasteiger charge is 2.53. The second kappa shape index (κ2) is 57.3. The van der Waals surface area contributed by atoms with E-state index < -0.39 is 124 Å². The summed E-state index contributed by atoms with van der Waals surface area (Å²) < 4.78 is 34.3. The standard InChI is InChI=1S/C78H127NO18/c1-3-5-7-9-11-13-15-17-19-21-22-23-24-25-26-27-28-29-30-31-32-33-34-35-36-37-38-40-42-44-46-48-50-52-54-56-66(84)79-61(62(83)55-53-51-49-47-45-43-41-39-20-18-16-14-12-10-8-6-4-2)60-92-76-72(90)69(87)74(64(58-81)94-76)97-78-73(91)70(88)75(65(59-82)95-78)96-77-71(89)68(86)67(85)63(57-80)93-77/h5,7,11,13,17,19-20,22-23,25-26,28-29,31-32,34-35,37-39,45,47,53,55,61-65,67-78,80-83,85-91H,3-4,6,8-10,12,14-16,18,21,24,27,30,33,36,40-44,46,48-52,54,56-60H2,1-2H3,(H,79,84)/b7-5-,13-11-,19-17-,23-22-,26-25-,29-28-,32-31-,35-34-,38-37-,39-20+,47-45+,55-53+. The third-order valence-corrected chi connectivity index (χ3v) is 17.1. The van der Waals surface area contributed by atoms with Crippen molar-refractivity contribution in [2.75, 3.05) is 26.4 Å². The quantitative estimate of drug-likeness (QED) is 0.0199. The zero-order chi connectivity index (χ0) is 70.4. The Bertz CT molecular complexity index is 2320. The van der Waals surface area contributed by atoms with Crippen molar-refractivity contribution in [3.05, 3.63) is 146 Å². The Balaban J connectivity index is 1.40. The first kappa shape index (κ1) is 86.9. The van der Waals surface area contributed by atoms with Crippen molar-refractivity contribution in [2.45, 2.75) is 311 Å². The minimum atomic E-state index is -1.99. The molecule has 3 aliphatic heterocycles. The summed E-state index contributed by atoms with van der Waals surface area (Å²) in [4.78, 5) is 13.4. The molecule has 0 bridgehead atoms. The minimum Gasteiger partial charge on any atom is -0.394 e. The van der Waals surface area contributed by atoms with Crippen LogP contribution in [0.15, 0.2) is 146 Å². The molecule has 1 amide bonds. The molecule has 0 aliphatic carbocycles. The number of rotatable bonds is 54. The normalized spacial score (nSPS) is 27.8. The van der Waals surface area contributed by atoms with Gasteiger partial charge in [0.15, 0.2) is 18.9 Å². The van der Waals surface area contributed by atoms with Gasteiger partial charge in [-0.05, 0) is 116 Å². The number of ether oxygens (including phenoxy) is 6. The first-order chi connectivity index (χ1) is 47.3. The average molecular weight is 1370 g/mol. The fourth-order valence-corrected chi connectivity index (χ4v) is 11.2. The Labute approximate surface area is 581 Å². The van der Waals surface area contributed by atoms with Crippen LogP contribution in [0.4, 0.5) is 0 Å². The lowest BCUT2D eigenvalue weighted by atomic mass is 9.96. The lowest BCUT2D eigenvalue weighted by molar-refractivity contribution is -0.379.